The molecule has 0 saturated heterocycles. The smallest absolute Gasteiger partial charge is 0.219 e. The number of hydrogen-bond acceptors (Lipinski definition) is 3. The van der Waals surface area contributed by atoms with Crippen LogP contribution in [0.3, 0.4) is 0 Å². The van der Waals surface area contributed by atoms with Crippen molar-refractivity contribution >= 4 is 0 Å². The second-order valence-electron chi connectivity index (χ2n) is 4.32. The van der Waals surface area contributed by atoms with E-state index in [9.17, 15) is 0 Å². The van der Waals surface area contributed by atoms with Gasteiger partial charge in [-0.25, -0.2) is 4.98 Å². The summed E-state index contributed by atoms with van der Waals surface area (Å²) < 4.78 is 5.70. The zero-order valence-corrected chi connectivity index (χ0v) is 10.8. The molecule has 2 N–H and O–H groups in total. The highest BCUT2D eigenvalue weighted by Crippen LogP contribution is 2.21. The van der Waals surface area contributed by atoms with Gasteiger partial charge in [0.15, 0.2) is 0 Å². The molecule has 0 aliphatic heterocycles. The average Bonchev–Trinajstić information content (AvgIpc) is 2.39. The zero-order valence-electron chi connectivity index (χ0n) is 10.8. The van der Waals surface area contributed by atoms with Gasteiger partial charge in [0.2, 0.25) is 5.88 Å². The predicted octanol–water partition coefficient (Wildman–Crippen LogP) is 3.46. The van der Waals surface area contributed by atoms with Crippen molar-refractivity contribution in [3.05, 3.63) is 53.7 Å². The molecule has 1 heterocycles. The van der Waals surface area contributed by atoms with E-state index in [4.69, 9.17) is 10.5 Å². The van der Waals surface area contributed by atoms with Crippen LogP contribution in [-0.2, 0) is 6.42 Å². The fraction of sp³-hybridized carbons (Fsp3) is 0.267. The second kappa shape index (κ2) is 5.65. The molecule has 0 aliphatic carbocycles. The summed E-state index contributed by atoms with van der Waals surface area (Å²) >= 11 is 0. The van der Waals surface area contributed by atoms with Crippen LogP contribution >= 0.6 is 0 Å². The number of ether oxygens (including phenoxy) is 1. The molecular formula is C15H18N2O. The van der Waals surface area contributed by atoms with E-state index in [1.54, 1.807) is 6.20 Å². The first-order valence-electron chi connectivity index (χ1n) is 6.17. The summed E-state index contributed by atoms with van der Waals surface area (Å²) in [5, 5.41) is 0. The summed E-state index contributed by atoms with van der Waals surface area (Å²) in [5.74, 6) is 1.41. The zero-order chi connectivity index (χ0) is 13.0. The first-order chi connectivity index (χ1) is 8.69. The molecule has 0 radical (unpaired) electrons. The molecule has 1 aromatic carbocycles. The molecule has 0 aliphatic rings. The van der Waals surface area contributed by atoms with Crippen LogP contribution in [0.4, 0.5) is 0 Å². The van der Waals surface area contributed by atoms with Crippen LogP contribution in [0.5, 0.6) is 11.6 Å². The van der Waals surface area contributed by atoms with Gasteiger partial charge < -0.3 is 10.5 Å². The molecule has 94 valence electrons. The average molecular weight is 242 g/mol. The van der Waals surface area contributed by atoms with Crippen LogP contribution < -0.4 is 10.5 Å². The molecule has 0 spiro atoms. The Morgan fingerprint density at radius 2 is 2.11 bits per heavy atom. The van der Waals surface area contributed by atoms with Gasteiger partial charge in [-0.15, -0.1) is 0 Å². The molecule has 1 aromatic heterocycles. The van der Waals surface area contributed by atoms with E-state index in [-0.39, 0.29) is 6.04 Å². The second-order valence-corrected chi connectivity index (χ2v) is 4.32. The van der Waals surface area contributed by atoms with E-state index in [2.05, 4.69) is 18.0 Å². The van der Waals surface area contributed by atoms with E-state index in [0.717, 1.165) is 17.7 Å². The van der Waals surface area contributed by atoms with Crippen LogP contribution in [0.25, 0.3) is 0 Å². The maximum Gasteiger partial charge on any atom is 0.219 e. The van der Waals surface area contributed by atoms with Gasteiger partial charge in [-0.1, -0.05) is 25.1 Å². The van der Waals surface area contributed by atoms with Crippen LogP contribution in [0, 0.1) is 0 Å². The maximum atomic E-state index is 5.77. The monoisotopic (exact) mass is 242 g/mol. The third-order valence-electron chi connectivity index (χ3n) is 2.81. The lowest BCUT2D eigenvalue weighted by molar-refractivity contribution is 0.461. The molecule has 0 bridgehead atoms. The van der Waals surface area contributed by atoms with Gasteiger partial charge in [-0.05, 0) is 36.6 Å². The van der Waals surface area contributed by atoms with E-state index in [0.29, 0.717) is 5.88 Å². The lowest BCUT2D eigenvalue weighted by atomic mass is 10.1. The molecule has 3 nitrogen and oxygen atoms in total. The van der Waals surface area contributed by atoms with Crippen LogP contribution in [-0.4, -0.2) is 4.98 Å². The number of nitrogens with zero attached hydrogens (tertiary/aromatic N) is 1. The van der Waals surface area contributed by atoms with Crippen molar-refractivity contribution in [2.24, 2.45) is 5.73 Å². The Kier molecular flexibility index (Phi) is 3.95. The third kappa shape index (κ3) is 3.08. The number of rotatable bonds is 4. The Balaban J connectivity index is 2.13. The Morgan fingerprint density at radius 3 is 2.72 bits per heavy atom. The van der Waals surface area contributed by atoms with E-state index in [1.807, 2.05) is 37.3 Å². The van der Waals surface area contributed by atoms with Crippen molar-refractivity contribution in [2.75, 3.05) is 0 Å². The topological polar surface area (TPSA) is 48.1 Å². The lowest BCUT2D eigenvalue weighted by Gasteiger charge is -2.08. The first kappa shape index (κ1) is 12.6. The minimum atomic E-state index is -0.00466. The van der Waals surface area contributed by atoms with Crippen molar-refractivity contribution in [3.8, 4) is 11.6 Å². The van der Waals surface area contributed by atoms with Gasteiger partial charge in [-0.3, -0.25) is 0 Å². The number of hydrogen-bond donors (Lipinski definition) is 1. The minimum absolute atomic E-state index is 0.00466. The lowest BCUT2D eigenvalue weighted by Crippen LogP contribution is -2.05. The highest BCUT2D eigenvalue weighted by Gasteiger charge is 2.02. The molecular weight excluding hydrogens is 224 g/mol. The summed E-state index contributed by atoms with van der Waals surface area (Å²) in [4.78, 5) is 4.25. The van der Waals surface area contributed by atoms with Crippen LogP contribution in [0.15, 0.2) is 42.6 Å². The summed E-state index contributed by atoms with van der Waals surface area (Å²) in [6.07, 6.45) is 2.75. The molecule has 2 rings (SSSR count). The largest absolute Gasteiger partial charge is 0.439 e. The molecule has 18 heavy (non-hydrogen) atoms. The molecule has 0 amide bonds. The van der Waals surface area contributed by atoms with E-state index < -0.39 is 0 Å². The van der Waals surface area contributed by atoms with Gasteiger partial charge in [0.05, 0.1) is 0 Å². The summed E-state index contributed by atoms with van der Waals surface area (Å²) in [5.41, 5.74) is 8.03. The number of aryl methyl sites for hydroxylation is 1. The normalized spacial score (nSPS) is 12.2. The van der Waals surface area contributed by atoms with E-state index in [1.165, 1.54) is 5.56 Å². The molecule has 3 heteroatoms. The molecule has 1 unspecified atom stereocenters. The maximum absolute atomic E-state index is 5.77. The highest BCUT2D eigenvalue weighted by atomic mass is 16.5. The molecule has 0 saturated carbocycles. The quantitative estimate of drug-likeness (QED) is 0.893. The number of pyridine rings is 1. The summed E-state index contributed by atoms with van der Waals surface area (Å²) in [6, 6.07) is 11.8. The Labute approximate surface area is 108 Å². The van der Waals surface area contributed by atoms with Crippen molar-refractivity contribution < 1.29 is 4.74 Å². The Morgan fingerprint density at radius 1 is 1.28 bits per heavy atom. The van der Waals surface area contributed by atoms with Gasteiger partial charge in [-0.2, -0.15) is 0 Å². The Hall–Kier alpha value is -1.87. The first-order valence-corrected chi connectivity index (χ1v) is 6.17. The van der Waals surface area contributed by atoms with Crippen LogP contribution in [0.2, 0.25) is 0 Å². The van der Waals surface area contributed by atoms with Gasteiger partial charge in [0, 0.05) is 18.3 Å². The van der Waals surface area contributed by atoms with Crippen LogP contribution in [0.1, 0.15) is 31.0 Å². The predicted molar refractivity (Wildman–Crippen MR) is 72.7 cm³/mol. The van der Waals surface area contributed by atoms with Crippen molar-refractivity contribution in [3.63, 3.8) is 0 Å². The van der Waals surface area contributed by atoms with Gasteiger partial charge in [0.1, 0.15) is 5.75 Å². The SMILES string of the molecule is CCc1cccc(Oc2ccc(C(C)N)cn2)c1. The van der Waals surface area contributed by atoms with Crippen molar-refractivity contribution in [2.45, 2.75) is 26.3 Å². The number of nitrogens with two attached hydrogens (primary N) is 1. The van der Waals surface area contributed by atoms with Crippen molar-refractivity contribution in [1.29, 1.82) is 0 Å². The van der Waals surface area contributed by atoms with Gasteiger partial charge in [0.25, 0.3) is 0 Å². The fourth-order valence-electron chi connectivity index (χ4n) is 1.67. The minimum Gasteiger partial charge on any atom is -0.439 e. The van der Waals surface area contributed by atoms with E-state index >= 15 is 0 Å². The van der Waals surface area contributed by atoms with Crippen molar-refractivity contribution in [1.82, 2.24) is 4.98 Å². The summed E-state index contributed by atoms with van der Waals surface area (Å²) in [6.45, 7) is 4.05. The highest BCUT2D eigenvalue weighted by molar-refractivity contribution is 5.32. The molecule has 2 aromatic rings. The number of aromatic nitrogens is 1. The summed E-state index contributed by atoms with van der Waals surface area (Å²) in [7, 11) is 0. The Bertz CT molecular complexity index is 506. The molecule has 1 atom stereocenters. The molecule has 0 fully saturated rings. The van der Waals surface area contributed by atoms with Gasteiger partial charge >= 0.3 is 0 Å². The fourth-order valence-corrected chi connectivity index (χ4v) is 1.67. The third-order valence-corrected chi connectivity index (χ3v) is 2.81. The number of benzene rings is 1. The standard InChI is InChI=1S/C15H18N2O/c1-3-12-5-4-6-14(9-12)18-15-8-7-13(10-17-15)11(2)16/h4-11H,3,16H2,1-2H3.